The van der Waals surface area contributed by atoms with Crippen molar-refractivity contribution >= 4 is 25.5 Å². The molecule has 354 valence electrons. The predicted molar refractivity (Wildman–Crippen MR) is 251 cm³/mol. The second-order valence-electron chi connectivity index (χ2n) is 17.4. The second kappa shape index (κ2) is 35.3. The Labute approximate surface area is 376 Å². The molecule has 0 fully saturated rings. The third-order valence-corrected chi connectivity index (χ3v) is 11.5. The molecule has 11 nitrogen and oxygen atoms in total. The highest BCUT2D eigenvalue weighted by molar-refractivity contribution is 7.47. The molecule has 0 aliphatic rings. The SMILES string of the molecule is CCCCC/C=C\C/C=C\C/C=C\C=C\C(=O)CCCC(=O)O[C@H](COC(=O)CCCCCCCCCCc1oc(CCCCC)c(C)c1C)COP(=O)(O)OCC[N+](C)(C)C. The van der Waals surface area contributed by atoms with E-state index in [1.165, 1.54) is 68.6 Å². The Morgan fingerprint density at radius 2 is 1.23 bits per heavy atom. The van der Waals surface area contributed by atoms with Gasteiger partial charge in [-0.3, -0.25) is 23.4 Å². The molecule has 0 bridgehead atoms. The Kier molecular flexibility index (Phi) is 32.4. The summed E-state index contributed by atoms with van der Waals surface area (Å²) >= 11 is 0. The van der Waals surface area contributed by atoms with E-state index in [9.17, 15) is 23.8 Å². The predicted octanol–water partition coefficient (Wildman–Crippen LogP) is 12.3. The van der Waals surface area contributed by atoms with Crippen LogP contribution in [0.2, 0.25) is 0 Å². The van der Waals surface area contributed by atoms with E-state index in [4.69, 9.17) is 22.9 Å². The van der Waals surface area contributed by atoms with Gasteiger partial charge in [-0.05, 0) is 82.4 Å². The second-order valence-corrected chi connectivity index (χ2v) is 18.9. The number of unbranched alkanes of at least 4 members (excludes halogenated alkanes) is 12. The molecule has 62 heavy (non-hydrogen) atoms. The fraction of sp³-hybridized carbons (Fsp3) is 0.700. The van der Waals surface area contributed by atoms with Gasteiger partial charge in [-0.15, -0.1) is 0 Å². The average Bonchev–Trinajstić information content (AvgIpc) is 3.48. The first kappa shape index (κ1) is 56.9. The number of quaternary nitrogens is 1. The van der Waals surface area contributed by atoms with Gasteiger partial charge in [0.25, 0.3) is 0 Å². The van der Waals surface area contributed by atoms with Gasteiger partial charge < -0.3 is 23.3 Å². The molecule has 1 aromatic rings. The first-order chi connectivity index (χ1) is 29.7. The van der Waals surface area contributed by atoms with Crippen LogP contribution < -0.4 is 0 Å². The van der Waals surface area contributed by atoms with Crippen molar-refractivity contribution in [3.8, 4) is 0 Å². The lowest BCUT2D eigenvalue weighted by Gasteiger charge is -2.24. The minimum absolute atomic E-state index is 0.0194. The number of ketones is 1. The monoisotopic (exact) mass is 891 g/mol. The lowest BCUT2D eigenvalue weighted by Crippen LogP contribution is -2.37. The third-order valence-electron chi connectivity index (χ3n) is 10.5. The van der Waals surface area contributed by atoms with Crippen LogP contribution in [0.3, 0.4) is 0 Å². The number of furan rings is 1. The lowest BCUT2D eigenvalue weighted by atomic mass is 10.0. The van der Waals surface area contributed by atoms with Gasteiger partial charge >= 0.3 is 19.8 Å². The molecule has 1 unspecified atom stereocenters. The summed E-state index contributed by atoms with van der Waals surface area (Å²) in [6.07, 6.45) is 35.6. The number of aryl methyl sites for hydroxylation is 2. The number of nitrogens with zero attached hydrogens (tertiary/aromatic N) is 1. The van der Waals surface area contributed by atoms with Crippen LogP contribution >= 0.6 is 7.82 Å². The van der Waals surface area contributed by atoms with E-state index in [-0.39, 0.29) is 44.7 Å². The number of phosphoric ester groups is 1. The number of hydrogen-bond donors (Lipinski definition) is 1. The first-order valence-electron chi connectivity index (χ1n) is 23.7. The maximum atomic E-state index is 12.7. The number of phosphoric acid groups is 1. The van der Waals surface area contributed by atoms with Crippen molar-refractivity contribution in [3.63, 3.8) is 0 Å². The number of carbonyl (C=O) groups is 3. The molecule has 1 aromatic heterocycles. The summed E-state index contributed by atoms with van der Waals surface area (Å²) in [7, 11) is 1.31. The number of allylic oxidation sites excluding steroid dienone is 8. The minimum atomic E-state index is -4.46. The van der Waals surface area contributed by atoms with Crippen LogP contribution in [0.5, 0.6) is 0 Å². The van der Waals surface area contributed by atoms with Crippen molar-refractivity contribution in [3.05, 3.63) is 71.3 Å². The summed E-state index contributed by atoms with van der Waals surface area (Å²) in [4.78, 5) is 47.9. The molecule has 2 atom stereocenters. The zero-order valence-corrected chi connectivity index (χ0v) is 40.7. The Hall–Kier alpha value is -3.08. The van der Waals surface area contributed by atoms with Gasteiger partial charge in [0.15, 0.2) is 11.9 Å². The van der Waals surface area contributed by atoms with E-state index in [0.717, 1.165) is 75.7 Å². The summed E-state index contributed by atoms with van der Waals surface area (Å²) in [5, 5.41) is 0. The van der Waals surface area contributed by atoms with E-state index in [0.29, 0.717) is 17.4 Å². The molecule has 1 rings (SSSR count). The van der Waals surface area contributed by atoms with Gasteiger partial charge in [0.1, 0.15) is 31.3 Å². The highest BCUT2D eigenvalue weighted by Gasteiger charge is 2.27. The smallest absolute Gasteiger partial charge is 0.466 e. The van der Waals surface area contributed by atoms with Gasteiger partial charge in [0.05, 0.1) is 27.7 Å². The van der Waals surface area contributed by atoms with E-state index < -0.39 is 32.5 Å². The summed E-state index contributed by atoms with van der Waals surface area (Å²) in [6, 6.07) is 0. The first-order valence-corrected chi connectivity index (χ1v) is 25.2. The number of hydrogen-bond acceptors (Lipinski definition) is 9. The van der Waals surface area contributed by atoms with Crippen LogP contribution in [0.1, 0.15) is 171 Å². The fourth-order valence-electron chi connectivity index (χ4n) is 6.50. The van der Waals surface area contributed by atoms with Gasteiger partial charge in [-0.1, -0.05) is 121 Å². The molecular formula is C50H85NO10P+. The Morgan fingerprint density at radius 1 is 0.661 bits per heavy atom. The number of carbonyl (C=O) groups excluding carboxylic acids is 3. The maximum Gasteiger partial charge on any atom is 0.472 e. The van der Waals surface area contributed by atoms with Crippen molar-refractivity contribution < 1.29 is 51.3 Å². The van der Waals surface area contributed by atoms with Crippen LogP contribution in [0.4, 0.5) is 0 Å². The Morgan fingerprint density at radius 3 is 1.87 bits per heavy atom. The molecule has 0 aromatic carbocycles. The zero-order valence-electron chi connectivity index (χ0n) is 39.8. The van der Waals surface area contributed by atoms with Crippen molar-refractivity contribution in [1.82, 2.24) is 0 Å². The molecule has 0 saturated heterocycles. The molecule has 1 N–H and O–H groups in total. The molecule has 0 amide bonds. The molecule has 0 aliphatic heterocycles. The largest absolute Gasteiger partial charge is 0.472 e. The van der Waals surface area contributed by atoms with Crippen LogP contribution in [0.25, 0.3) is 0 Å². The van der Waals surface area contributed by atoms with Crippen LogP contribution in [-0.2, 0) is 50.3 Å². The van der Waals surface area contributed by atoms with Crippen LogP contribution in [0, 0.1) is 13.8 Å². The number of rotatable bonds is 39. The molecule has 1 heterocycles. The minimum Gasteiger partial charge on any atom is -0.466 e. The number of ether oxygens (including phenoxy) is 2. The van der Waals surface area contributed by atoms with Gasteiger partial charge in [0.2, 0.25) is 0 Å². The summed E-state index contributed by atoms with van der Waals surface area (Å²) in [5.41, 5.74) is 2.64. The molecule has 12 heteroatoms. The standard InChI is InChI=1S/C50H84NO10P/c1-8-10-12-13-14-15-16-17-18-19-22-25-29-33-45(52)34-32-38-50(54)60-46(42-59-62(55,56)58-40-39-51(5,6)7)41-57-49(53)37-31-27-24-21-20-23-26-30-36-48-44(4)43(3)47(61-48)35-28-11-9-2/h14-15,17-18,22,25,29,33,46H,8-13,16,19-21,23-24,26-28,30-32,34-42H2,1-7H3/p+1/b15-14-,18-17-,25-22-,33-29+/t46-/m1/s1. The topological polar surface area (TPSA) is 139 Å². The van der Waals surface area contributed by atoms with Crippen molar-refractivity contribution in [1.29, 1.82) is 0 Å². The summed E-state index contributed by atoms with van der Waals surface area (Å²) < 4.78 is 40.4. The van der Waals surface area contributed by atoms with Crippen molar-refractivity contribution in [2.24, 2.45) is 0 Å². The zero-order chi connectivity index (χ0) is 45.9. The van der Waals surface area contributed by atoms with Crippen molar-refractivity contribution in [2.45, 2.75) is 181 Å². The van der Waals surface area contributed by atoms with Gasteiger partial charge in [-0.25, -0.2) is 4.57 Å². The van der Waals surface area contributed by atoms with Crippen molar-refractivity contribution in [2.75, 3.05) is 47.5 Å². The highest BCUT2D eigenvalue weighted by Crippen LogP contribution is 2.43. The third kappa shape index (κ3) is 31.7. The average molecular weight is 891 g/mol. The van der Waals surface area contributed by atoms with Crippen LogP contribution in [-0.4, -0.2) is 80.7 Å². The van der Waals surface area contributed by atoms with Gasteiger partial charge in [-0.2, -0.15) is 0 Å². The maximum absolute atomic E-state index is 12.7. The molecular weight excluding hydrogens is 806 g/mol. The lowest BCUT2D eigenvalue weighted by molar-refractivity contribution is -0.870. The normalized spacial score (nSPS) is 13.8. The molecule has 0 spiro atoms. The summed E-state index contributed by atoms with van der Waals surface area (Å²) in [5.74, 6) is 1.12. The van der Waals surface area contributed by atoms with E-state index in [1.807, 2.05) is 33.3 Å². The quantitative estimate of drug-likeness (QED) is 0.0129. The van der Waals surface area contributed by atoms with E-state index in [2.05, 4.69) is 52.0 Å². The van der Waals surface area contributed by atoms with E-state index in [1.54, 1.807) is 6.08 Å². The Bertz CT molecular complexity index is 1540. The number of esters is 2. The molecule has 0 saturated carbocycles. The Balaban J connectivity index is 2.42. The fourth-order valence-corrected chi connectivity index (χ4v) is 7.24. The summed E-state index contributed by atoms with van der Waals surface area (Å²) in [6.45, 7) is 8.40. The van der Waals surface area contributed by atoms with Crippen LogP contribution in [0.15, 0.2) is 53.0 Å². The van der Waals surface area contributed by atoms with E-state index >= 15 is 0 Å². The molecule has 0 aliphatic carbocycles. The van der Waals surface area contributed by atoms with Gasteiger partial charge in [0, 0.05) is 32.1 Å². The number of likely N-dealkylation sites (N-methyl/N-ethyl adjacent to an activating group) is 1. The highest BCUT2D eigenvalue weighted by atomic mass is 31.2. The molecule has 0 radical (unpaired) electrons.